The second-order valence-corrected chi connectivity index (χ2v) is 2.81. The molecule has 4 heteroatoms. The SMILES string of the molecule is O=C1NC(=O)C2N=CCCC12. The number of nitrogens with one attached hydrogen (secondary N) is 1. The first-order valence-electron chi connectivity index (χ1n) is 3.65. The van der Waals surface area contributed by atoms with Gasteiger partial charge >= 0.3 is 0 Å². The van der Waals surface area contributed by atoms with Crippen molar-refractivity contribution in [3.63, 3.8) is 0 Å². The summed E-state index contributed by atoms with van der Waals surface area (Å²) in [5.74, 6) is -0.583. The lowest BCUT2D eigenvalue weighted by Crippen LogP contribution is -2.25. The summed E-state index contributed by atoms with van der Waals surface area (Å²) in [6.45, 7) is 0. The number of carbonyl (C=O) groups is 2. The second-order valence-electron chi connectivity index (χ2n) is 2.81. The fraction of sp³-hybridized carbons (Fsp3) is 0.571. The van der Waals surface area contributed by atoms with E-state index < -0.39 is 6.04 Å². The zero-order chi connectivity index (χ0) is 7.84. The number of fused-ring (bicyclic) bond motifs is 1. The molecule has 2 aliphatic rings. The summed E-state index contributed by atoms with van der Waals surface area (Å²) in [6, 6.07) is -0.420. The zero-order valence-electron chi connectivity index (χ0n) is 5.91. The number of amides is 2. The molecule has 0 bridgehead atoms. The van der Waals surface area contributed by atoms with E-state index in [2.05, 4.69) is 10.3 Å². The topological polar surface area (TPSA) is 58.5 Å². The van der Waals surface area contributed by atoms with Gasteiger partial charge in [0.15, 0.2) is 0 Å². The van der Waals surface area contributed by atoms with Crippen molar-refractivity contribution >= 4 is 18.0 Å². The Morgan fingerprint density at radius 2 is 2.27 bits per heavy atom. The molecule has 0 aromatic heterocycles. The average molecular weight is 152 g/mol. The van der Waals surface area contributed by atoms with Crippen molar-refractivity contribution in [2.75, 3.05) is 0 Å². The highest BCUT2D eigenvalue weighted by Gasteiger charge is 2.41. The molecule has 0 saturated carbocycles. The first-order valence-corrected chi connectivity index (χ1v) is 3.65. The zero-order valence-corrected chi connectivity index (χ0v) is 5.91. The monoisotopic (exact) mass is 152 g/mol. The van der Waals surface area contributed by atoms with Crippen LogP contribution in [0.5, 0.6) is 0 Å². The molecule has 0 aromatic carbocycles. The van der Waals surface area contributed by atoms with Crippen LogP contribution in [0.15, 0.2) is 4.99 Å². The largest absolute Gasteiger partial charge is 0.294 e. The Kier molecular flexibility index (Phi) is 1.27. The summed E-state index contributed by atoms with van der Waals surface area (Å²) in [5.41, 5.74) is 0. The molecular weight excluding hydrogens is 144 g/mol. The average Bonchev–Trinajstić information content (AvgIpc) is 2.30. The van der Waals surface area contributed by atoms with E-state index in [4.69, 9.17) is 0 Å². The summed E-state index contributed by atoms with van der Waals surface area (Å²) in [4.78, 5) is 26.0. The van der Waals surface area contributed by atoms with Crippen molar-refractivity contribution in [3.8, 4) is 0 Å². The smallest absolute Gasteiger partial charge is 0.252 e. The minimum absolute atomic E-state index is 0.156. The Hall–Kier alpha value is -1.19. The third kappa shape index (κ3) is 0.859. The lowest BCUT2D eigenvalue weighted by atomic mass is 9.95. The van der Waals surface area contributed by atoms with E-state index in [-0.39, 0.29) is 17.7 Å². The van der Waals surface area contributed by atoms with E-state index in [1.165, 1.54) is 0 Å². The van der Waals surface area contributed by atoms with Crippen LogP contribution in [0.1, 0.15) is 12.8 Å². The van der Waals surface area contributed by atoms with Gasteiger partial charge in [0.1, 0.15) is 6.04 Å². The molecule has 2 heterocycles. The molecule has 1 saturated heterocycles. The Labute approximate surface area is 63.7 Å². The number of imide groups is 1. The van der Waals surface area contributed by atoms with Crippen molar-refractivity contribution in [2.45, 2.75) is 18.9 Å². The van der Waals surface area contributed by atoms with Crippen LogP contribution in [0.4, 0.5) is 0 Å². The predicted molar refractivity (Wildman–Crippen MR) is 38.2 cm³/mol. The summed E-state index contributed by atoms with van der Waals surface area (Å²) in [5, 5.41) is 2.27. The van der Waals surface area contributed by atoms with Gasteiger partial charge < -0.3 is 0 Å². The molecule has 0 radical (unpaired) electrons. The number of nitrogens with zero attached hydrogens (tertiary/aromatic N) is 1. The lowest BCUT2D eigenvalue weighted by molar-refractivity contribution is -0.125. The Morgan fingerprint density at radius 1 is 1.45 bits per heavy atom. The van der Waals surface area contributed by atoms with E-state index in [0.717, 1.165) is 12.8 Å². The van der Waals surface area contributed by atoms with Crippen LogP contribution in [0.3, 0.4) is 0 Å². The predicted octanol–water partition coefficient (Wildman–Crippen LogP) is -0.508. The molecule has 2 amide bonds. The van der Waals surface area contributed by atoms with E-state index in [1.807, 2.05) is 0 Å². The van der Waals surface area contributed by atoms with E-state index in [1.54, 1.807) is 6.21 Å². The Bertz CT molecular complexity index is 247. The van der Waals surface area contributed by atoms with Gasteiger partial charge in [-0.1, -0.05) is 0 Å². The molecule has 4 nitrogen and oxygen atoms in total. The number of aliphatic imine (C=N–C) groups is 1. The number of rotatable bonds is 0. The van der Waals surface area contributed by atoms with Crippen molar-refractivity contribution in [1.82, 2.24) is 5.32 Å². The molecule has 2 unspecified atom stereocenters. The standard InChI is InChI=1S/C7H8N2O2/c10-6-4-2-1-3-8-5(4)7(11)9-6/h3-5H,1-2H2,(H,9,10,11). The molecular formula is C7H8N2O2. The van der Waals surface area contributed by atoms with Crippen LogP contribution >= 0.6 is 0 Å². The lowest BCUT2D eigenvalue weighted by Gasteiger charge is -2.13. The summed E-state index contributed by atoms with van der Waals surface area (Å²) in [7, 11) is 0. The Morgan fingerprint density at radius 3 is 3.00 bits per heavy atom. The summed E-state index contributed by atoms with van der Waals surface area (Å²) in [6.07, 6.45) is 3.28. The fourth-order valence-electron chi connectivity index (χ4n) is 1.52. The highest BCUT2D eigenvalue weighted by Crippen LogP contribution is 2.23. The van der Waals surface area contributed by atoms with Crippen LogP contribution in [0, 0.1) is 5.92 Å². The van der Waals surface area contributed by atoms with Gasteiger partial charge in [0, 0.05) is 0 Å². The molecule has 2 rings (SSSR count). The van der Waals surface area contributed by atoms with Crippen LogP contribution < -0.4 is 5.32 Å². The van der Waals surface area contributed by atoms with Crippen molar-refractivity contribution in [1.29, 1.82) is 0 Å². The van der Waals surface area contributed by atoms with E-state index in [9.17, 15) is 9.59 Å². The van der Waals surface area contributed by atoms with Gasteiger partial charge in [-0.05, 0) is 19.1 Å². The third-order valence-corrected chi connectivity index (χ3v) is 2.11. The summed E-state index contributed by atoms with van der Waals surface area (Å²) >= 11 is 0. The van der Waals surface area contributed by atoms with E-state index >= 15 is 0 Å². The van der Waals surface area contributed by atoms with Crippen molar-refractivity contribution in [2.24, 2.45) is 10.9 Å². The maximum Gasteiger partial charge on any atom is 0.252 e. The third-order valence-electron chi connectivity index (χ3n) is 2.11. The molecule has 0 aromatic rings. The van der Waals surface area contributed by atoms with Gasteiger partial charge in [0.05, 0.1) is 5.92 Å². The van der Waals surface area contributed by atoms with Crippen LogP contribution in [0.25, 0.3) is 0 Å². The van der Waals surface area contributed by atoms with E-state index in [0.29, 0.717) is 0 Å². The highest BCUT2D eigenvalue weighted by atomic mass is 16.2. The molecule has 2 atom stereocenters. The van der Waals surface area contributed by atoms with Crippen molar-refractivity contribution < 1.29 is 9.59 Å². The molecule has 2 aliphatic heterocycles. The maximum atomic E-state index is 11.0. The van der Waals surface area contributed by atoms with Crippen LogP contribution in [-0.4, -0.2) is 24.1 Å². The van der Waals surface area contributed by atoms with Gasteiger partial charge in [0.2, 0.25) is 5.91 Å². The quantitative estimate of drug-likeness (QED) is 0.475. The molecule has 11 heavy (non-hydrogen) atoms. The van der Waals surface area contributed by atoms with Gasteiger partial charge in [-0.15, -0.1) is 0 Å². The normalized spacial score (nSPS) is 35.3. The Balaban J connectivity index is 2.30. The van der Waals surface area contributed by atoms with Gasteiger partial charge in [-0.3, -0.25) is 19.9 Å². The number of carbonyl (C=O) groups excluding carboxylic acids is 2. The molecule has 0 spiro atoms. The minimum Gasteiger partial charge on any atom is -0.294 e. The first kappa shape index (κ1) is 6.52. The van der Waals surface area contributed by atoms with Crippen LogP contribution in [0.2, 0.25) is 0 Å². The van der Waals surface area contributed by atoms with Gasteiger partial charge in [0.25, 0.3) is 5.91 Å². The van der Waals surface area contributed by atoms with Gasteiger partial charge in [-0.25, -0.2) is 0 Å². The second kappa shape index (κ2) is 2.15. The first-order chi connectivity index (χ1) is 5.29. The number of hydrogen-bond acceptors (Lipinski definition) is 3. The highest BCUT2D eigenvalue weighted by molar-refractivity contribution is 6.08. The maximum absolute atomic E-state index is 11.0. The molecule has 0 aliphatic carbocycles. The number of hydrogen-bond donors (Lipinski definition) is 1. The fourth-order valence-corrected chi connectivity index (χ4v) is 1.52. The molecule has 58 valence electrons. The van der Waals surface area contributed by atoms with Crippen molar-refractivity contribution in [3.05, 3.63) is 0 Å². The van der Waals surface area contributed by atoms with Gasteiger partial charge in [-0.2, -0.15) is 0 Å². The van der Waals surface area contributed by atoms with Crippen LogP contribution in [-0.2, 0) is 9.59 Å². The minimum atomic E-state index is -0.420. The molecule has 1 fully saturated rings. The summed E-state index contributed by atoms with van der Waals surface area (Å²) < 4.78 is 0. The molecule has 1 N–H and O–H groups in total.